The normalized spacial score (nSPS) is 11.3. The van der Waals surface area contributed by atoms with Crippen LogP contribution in [0.5, 0.6) is 11.5 Å². The minimum Gasteiger partial charge on any atom is -0.493 e. The number of benzene rings is 2. The van der Waals surface area contributed by atoms with Gasteiger partial charge in [0.15, 0.2) is 11.5 Å². The molecule has 0 saturated heterocycles. The van der Waals surface area contributed by atoms with Gasteiger partial charge in [0.25, 0.3) is 11.8 Å². The third-order valence-electron chi connectivity index (χ3n) is 4.65. The first-order valence-corrected chi connectivity index (χ1v) is 11.8. The Morgan fingerprint density at radius 3 is 2.42 bits per heavy atom. The van der Waals surface area contributed by atoms with Crippen LogP contribution in [0.1, 0.15) is 42.6 Å². The molecule has 0 heterocycles. The van der Waals surface area contributed by atoms with E-state index in [-0.39, 0.29) is 11.7 Å². The Bertz CT molecular complexity index is 950. The topological polar surface area (TPSA) is 106 Å². The quantitative estimate of drug-likeness (QED) is 0.339. The number of unbranched alkanes of at least 4 members (excludes halogenated alkanes) is 1. The predicted molar refractivity (Wildman–Crippen MR) is 131 cm³/mol. The molecule has 0 radical (unpaired) electrons. The zero-order valence-corrected chi connectivity index (χ0v) is 20.2. The van der Waals surface area contributed by atoms with Crippen molar-refractivity contribution in [1.29, 1.82) is 0 Å². The summed E-state index contributed by atoms with van der Waals surface area (Å²) in [6.45, 7) is 6.26. The molecule has 0 saturated carbocycles. The average Bonchev–Trinajstić information content (AvgIpc) is 2.82. The van der Waals surface area contributed by atoms with Gasteiger partial charge in [-0.15, -0.1) is 11.8 Å². The van der Waals surface area contributed by atoms with Gasteiger partial charge in [-0.3, -0.25) is 25.2 Å². The van der Waals surface area contributed by atoms with Gasteiger partial charge in [0, 0.05) is 11.3 Å². The van der Waals surface area contributed by atoms with Crippen LogP contribution in [0, 0.1) is 6.92 Å². The molecular weight excluding hydrogens is 442 g/mol. The van der Waals surface area contributed by atoms with E-state index in [0.717, 1.165) is 18.4 Å². The Morgan fingerprint density at radius 2 is 1.76 bits per heavy atom. The number of thioether (sulfide) groups is 1. The molecule has 3 N–H and O–H groups in total. The lowest BCUT2D eigenvalue weighted by atomic mass is 10.2. The lowest BCUT2D eigenvalue weighted by molar-refractivity contribution is -0.121. The summed E-state index contributed by atoms with van der Waals surface area (Å²) in [7, 11) is 1.50. The van der Waals surface area contributed by atoms with Crippen molar-refractivity contribution in [3.63, 3.8) is 0 Å². The van der Waals surface area contributed by atoms with Crippen LogP contribution in [0.2, 0.25) is 0 Å². The predicted octanol–water partition coefficient (Wildman–Crippen LogP) is 3.70. The molecule has 8 nitrogen and oxygen atoms in total. The number of ether oxygens (including phenoxy) is 2. The van der Waals surface area contributed by atoms with Gasteiger partial charge in [0.2, 0.25) is 5.91 Å². The van der Waals surface area contributed by atoms with Gasteiger partial charge in [-0.1, -0.05) is 31.0 Å². The Balaban J connectivity index is 1.79. The van der Waals surface area contributed by atoms with E-state index in [1.807, 2.05) is 31.2 Å². The fourth-order valence-electron chi connectivity index (χ4n) is 2.66. The molecule has 0 fully saturated rings. The first kappa shape index (κ1) is 26.1. The molecule has 0 aliphatic carbocycles. The third-order valence-corrected chi connectivity index (χ3v) is 5.79. The number of hydrazine groups is 1. The highest BCUT2D eigenvalue weighted by Gasteiger charge is 2.17. The molecular formula is C24H31N3O5S. The molecule has 0 aliphatic heterocycles. The summed E-state index contributed by atoms with van der Waals surface area (Å²) in [5.41, 5.74) is 6.89. The fraction of sp³-hybridized carbons (Fsp3) is 0.375. The molecule has 0 spiro atoms. The monoisotopic (exact) mass is 473 g/mol. The van der Waals surface area contributed by atoms with Crippen molar-refractivity contribution in [1.82, 2.24) is 10.9 Å². The van der Waals surface area contributed by atoms with E-state index >= 15 is 0 Å². The largest absolute Gasteiger partial charge is 0.493 e. The van der Waals surface area contributed by atoms with Crippen LogP contribution < -0.4 is 25.6 Å². The molecule has 2 aromatic carbocycles. The van der Waals surface area contributed by atoms with Crippen molar-refractivity contribution in [2.24, 2.45) is 0 Å². The molecule has 2 rings (SSSR count). The van der Waals surface area contributed by atoms with Gasteiger partial charge in [0.05, 0.1) is 24.7 Å². The maximum Gasteiger partial charge on any atom is 0.269 e. The number of hydrogen-bond acceptors (Lipinski definition) is 6. The van der Waals surface area contributed by atoms with Gasteiger partial charge in [0.1, 0.15) is 0 Å². The summed E-state index contributed by atoms with van der Waals surface area (Å²) in [5, 5.41) is 2.24. The summed E-state index contributed by atoms with van der Waals surface area (Å²) in [6, 6.07) is 12.3. The molecule has 1 atom stereocenters. The number of anilines is 1. The lowest BCUT2D eigenvalue weighted by Crippen LogP contribution is -2.45. The molecule has 0 bridgehead atoms. The average molecular weight is 474 g/mol. The standard InChI is InChI=1S/C24H31N3O5S/c1-5-6-13-32-20-12-9-18(14-21(20)31-4)24(30)27-26-23(29)17(3)33-15-22(28)25-19-10-7-16(2)8-11-19/h7-12,14,17H,5-6,13,15H2,1-4H3,(H,25,28)(H,26,29)(H,27,30)/t17-/m0/s1. The van der Waals surface area contributed by atoms with E-state index in [9.17, 15) is 14.4 Å². The van der Waals surface area contributed by atoms with Crippen molar-refractivity contribution in [2.75, 3.05) is 24.8 Å². The minimum atomic E-state index is -0.544. The molecule has 0 unspecified atom stereocenters. The van der Waals surface area contributed by atoms with Crippen LogP contribution in [-0.2, 0) is 9.59 Å². The van der Waals surface area contributed by atoms with E-state index in [1.165, 1.54) is 18.9 Å². The summed E-state index contributed by atoms with van der Waals surface area (Å²) < 4.78 is 11.0. The van der Waals surface area contributed by atoms with E-state index in [4.69, 9.17) is 9.47 Å². The SMILES string of the molecule is CCCCOc1ccc(C(=O)NNC(=O)[C@H](C)SCC(=O)Nc2ccc(C)cc2)cc1OC. The van der Waals surface area contributed by atoms with E-state index < -0.39 is 17.1 Å². The first-order valence-electron chi connectivity index (χ1n) is 10.7. The zero-order valence-electron chi connectivity index (χ0n) is 19.4. The number of rotatable bonds is 11. The third kappa shape index (κ3) is 8.69. The van der Waals surface area contributed by atoms with E-state index in [0.29, 0.717) is 29.4 Å². The fourth-order valence-corrected chi connectivity index (χ4v) is 3.34. The number of hydrogen-bond donors (Lipinski definition) is 3. The van der Waals surface area contributed by atoms with Crippen LogP contribution in [0.4, 0.5) is 5.69 Å². The van der Waals surface area contributed by atoms with Crippen LogP contribution in [0.3, 0.4) is 0 Å². The second kappa shape index (κ2) is 13.4. The first-order chi connectivity index (χ1) is 15.8. The molecule has 3 amide bonds. The highest BCUT2D eigenvalue weighted by atomic mass is 32.2. The highest BCUT2D eigenvalue weighted by Crippen LogP contribution is 2.28. The van der Waals surface area contributed by atoms with Crippen LogP contribution in [0.25, 0.3) is 0 Å². The van der Waals surface area contributed by atoms with E-state index in [2.05, 4.69) is 23.1 Å². The summed E-state index contributed by atoms with van der Waals surface area (Å²) >= 11 is 1.17. The zero-order chi connectivity index (χ0) is 24.2. The molecule has 2 aromatic rings. The van der Waals surface area contributed by atoms with Crippen molar-refractivity contribution in [2.45, 2.75) is 38.9 Å². The number of carbonyl (C=O) groups excluding carboxylic acids is 3. The van der Waals surface area contributed by atoms with Gasteiger partial charge in [-0.25, -0.2) is 0 Å². The van der Waals surface area contributed by atoms with Gasteiger partial charge < -0.3 is 14.8 Å². The Hall–Kier alpha value is -3.20. The van der Waals surface area contributed by atoms with Gasteiger partial charge in [-0.05, 0) is 50.6 Å². The molecule has 33 heavy (non-hydrogen) atoms. The van der Waals surface area contributed by atoms with E-state index in [1.54, 1.807) is 25.1 Å². The van der Waals surface area contributed by atoms with Gasteiger partial charge >= 0.3 is 0 Å². The van der Waals surface area contributed by atoms with Crippen molar-refractivity contribution < 1.29 is 23.9 Å². The molecule has 0 aromatic heterocycles. The Morgan fingerprint density at radius 1 is 1.03 bits per heavy atom. The summed E-state index contributed by atoms with van der Waals surface area (Å²) in [5.74, 6) is -0.0124. The second-order valence-electron chi connectivity index (χ2n) is 7.38. The smallest absolute Gasteiger partial charge is 0.269 e. The maximum absolute atomic E-state index is 12.4. The summed E-state index contributed by atoms with van der Waals surface area (Å²) in [4.78, 5) is 36.8. The molecule has 9 heteroatoms. The second-order valence-corrected chi connectivity index (χ2v) is 8.71. The van der Waals surface area contributed by atoms with Crippen LogP contribution in [0.15, 0.2) is 42.5 Å². The van der Waals surface area contributed by atoms with Crippen LogP contribution in [-0.4, -0.2) is 42.4 Å². The number of methoxy groups -OCH3 is 1. The van der Waals surface area contributed by atoms with Crippen molar-refractivity contribution in [3.05, 3.63) is 53.6 Å². The van der Waals surface area contributed by atoms with Gasteiger partial charge in [-0.2, -0.15) is 0 Å². The molecule has 178 valence electrons. The maximum atomic E-state index is 12.4. The lowest BCUT2D eigenvalue weighted by Gasteiger charge is -2.14. The number of carbonyl (C=O) groups is 3. The number of amides is 3. The summed E-state index contributed by atoms with van der Waals surface area (Å²) in [6.07, 6.45) is 1.93. The number of aryl methyl sites for hydroxylation is 1. The Labute approximate surface area is 198 Å². The highest BCUT2D eigenvalue weighted by molar-refractivity contribution is 8.01. The number of nitrogens with one attached hydrogen (secondary N) is 3. The molecule has 0 aliphatic rings. The minimum absolute atomic E-state index is 0.104. The Kier molecular flexibility index (Phi) is 10.6. The van der Waals surface area contributed by atoms with Crippen molar-refractivity contribution >= 4 is 35.2 Å². The van der Waals surface area contributed by atoms with Crippen LogP contribution >= 0.6 is 11.8 Å². The van der Waals surface area contributed by atoms with Crippen molar-refractivity contribution in [3.8, 4) is 11.5 Å².